The van der Waals surface area contributed by atoms with Gasteiger partial charge < -0.3 is 10.1 Å². The van der Waals surface area contributed by atoms with Crippen LogP contribution in [0.1, 0.15) is 12.8 Å². The number of piperidine rings is 1. The molecule has 1 fully saturated rings. The third kappa shape index (κ3) is 4.64. The van der Waals surface area contributed by atoms with Gasteiger partial charge in [-0.05, 0) is 19.9 Å². The third-order valence-electron chi connectivity index (χ3n) is 3.12. The molecule has 1 rings (SSSR count). The van der Waals surface area contributed by atoms with Crippen LogP contribution in [-0.2, 0) is 14.9 Å². The molecule has 18 heavy (non-hydrogen) atoms. The van der Waals surface area contributed by atoms with Crippen molar-refractivity contribution in [3.63, 3.8) is 0 Å². The van der Waals surface area contributed by atoms with Crippen molar-refractivity contribution in [1.82, 2.24) is 13.9 Å². The summed E-state index contributed by atoms with van der Waals surface area (Å²) in [5.74, 6) is 0. The van der Waals surface area contributed by atoms with Crippen molar-refractivity contribution in [1.29, 1.82) is 0 Å². The number of halogens is 1. The van der Waals surface area contributed by atoms with E-state index in [0.29, 0.717) is 26.2 Å². The number of ether oxygens (including phenoxy) is 1. The highest BCUT2D eigenvalue weighted by molar-refractivity contribution is 7.86. The van der Waals surface area contributed by atoms with Crippen LogP contribution in [-0.4, -0.2) is 70.5 Å². The maximum absolute atomic E-state index is 12.2. The Morgan fingerprint density at radius 3 is 2.72 bits per heavy atom. The van der Waals surface area contributed by atoms with Crippen LogP contribution in [0.25, 0.3) is 0 Å². The molecule has 0 bridgehead atoms. The SMILES string of the molecule is CNC1CCCN(S(=O)(=O)N(C)CCOC)C1.Cl. The molecular formula is C10H24ClN3O3S. The summed E-state index contributed by atoms with van der Waals surface area (Å²) in [6, 6.07) is 0.259. The van der Waals surface area contributed by atoms with Gasteiger partial charge in [0.25, 0.3) is 10.2 Å². The van der Waals surface area contributed by atoms with Gasteiger partial charge in [-0.1, -0.05) is 0 Å². The lowest BCUT2D eigenvalue weighted by atomic mass is 10.1. The van der Waals surface area contributed by atoms with Crippen LogP contribution >= 0.6 is 12.4 Å². The molecule has 8 heteroatoms. The van der Waals surface area contributed by atoms with E-state index < -0.39 is 10.2 Å². The van der Waals surface area contributed by atoms with E-state index in [1.807, 2.05) is 7.05 Å². The summed E-state index contributed by atoms with van der Waals surface area (Å²) in [7, 11) is 1.70. The lowest BCUT2D eigenvalue weighted by molar-refractivity contribution is 0.180. The van der Waals surface area contributed by atoms with E-state index in [4.69, 9.17) is 4.74 Å². The van der Waals surface area contributed by atoms with Gasteiger partial charge in [0.1, 0.15) is 0 Å². The van der Waals surface area contributed by atoms with Crippen molar-refractivity contribution >= 4 is 22.6 Å². The lowest BCUT2D eigenvalue weighted by Gasteiger charge is -2.34. The second-order valence-corrected chi connectivity index (χ2v) is 6.34. The minimum Gasteiger partial charge on any atom is -0.383 e. The van der Waals surface area contributed by atoms with Crippen LogP contribution < -0.4 is 5.32 Å². The van der Waals surface area contributed by atoms with Crippen molar-refractivity contribution in [3.05, 3.63) is 0 Å². The Labute approximate surface area is 116 Å². The molecule has 0 spiro atoms. The van der Waals surface area contributed by atoms with Gasteiger partial charge in [-0.25, -0.2) is 0 Å². The van der Waals surface area contributed by atoms with Crippen LogP contribution in [0, 0.1) is 0 Å². The van der Waals surface area contributed by atoms with E-state index >= 15 is 0 Å². The van der Waals surface area contributed by atoms with Gasteiger partial charge in [0.2, 0.25) is 0 Å². The van der Waals surface area contributed by atoms with Crippen LogP contribution in [0.5, 0.6) is 0 Å². The van der Waals surface area contributed by atoms with Gasteiger partial charge in [-0.2, -0.15) is 17.0 Å². The zero-order valence-corrected chi connectivity index (χ0v) is 12.9. The summed E-state index contributed by atoms with van der Waals surface area (Å²) in [5, 5.41) is 3.14. The molecule has 1 aliphatic heterocycles. The van der Waals surface area contributed by atoms with Crippen molar-refractivity contribution in [3.8, 4) is 0 Å². The smallest absolute Gasteiger partial charge is 0.281 e. The highest BCUT2D eigenvalue weighted by atomic mass is 35.5. The van der Waals surface area contributed by atoms with Gasteiger partial charge in [0.15, 0.2) is 0 Å². The molecule has 0 saturated carbocycles. The van der Waals surface area contributed by atoms with Gasteiger partial charge in [-0.3, -0.25) is 0 Å². The van der Waals surface area contributed by atoms with E-state index in [1.165, 1.54) is 4.31 Å². The van der Waals surface area contributed by atoms with Gasteiger partial charge in [-0.15, -0.1) is 12.4 Å². The molecular weight excluding hydrogens is 278 g/mol. The van der Waals surface area contributed by atoms with E-state index in [9.17, 15) is 8.42 Å². The fourth-order valence-electron chi connectivity index (χ4n) is 1.92. The molecule has 0 aromatic heterocycles. The number of nitrogens with one attached hydrogen (secondary N) is 1. The average molecular weight is 302 g/mol. The van der Waals surface area contributed by atoms with Gasteiger partial charge in [0, 0.05) is 39.8 Å². The maximum Gasteiger partial charge on any atom is 0.281 e. The molecule has 0 aromatic carbocycles. The van der Waals surface area contributed by atoms with Crippen LogP contribution in [0.3, 0.4) is 0 Å². The molecule has 0 radical (unpaired) electrons. The van der Waals surface area contributed by atoms with E-state index in [-0.39, 0.29) is 18.4 Å². The second-order valence-electron chi connectivity index (χ2n) is 4.31. The fourth-order valence-corrected chi connectivity index (χ4v) is 3.35. The molecule has 0 amide bonds. The van der Waals surface area contributed by atoms with Gasteiger partial charge >= 0.3 is 0 Å². The molecule has 1 heterocycles. The minimum atomic E-state index is -3.33. The summed E-state index contributed by atoms with van der Waals surface area (Å²) < 4.78 is 32.2. The third-order valence-corrected chi connectivity index (χ3v) is 5.08. The topological polar surface area (TPSA) is 61.9 Å². The zero-order valence-electron chi connectivity index (χ0n) is 11.3. The molecule has 1 atom stereocenters. The standard InChI is InChI=1S/C10H23N3O3S.ClH/c1-11-10-5-4-6-13(9-10)17(14,15)12(2)7-8-16-3;/h10-11H,4-9H2,1-3H3;1H. The van der Waals surface area contributed by atoms with Gasteiger partial charge in [0.05, 0.1) is 6.61 Å². The zero-order chi connectivity index (χ0) is 12.9. The Morgan fingerprint density at radius 1 is 1.50 bits per heavy atom. The predicted octanol–water partition coefficient (Wildman–Crippen LogP) is -0.0850. The van der Waals surface area contributed by atoms with E-state index in [0.717, 1.165) is 12.8 Å². The Morgan fingerprint density at radius 2 is 2.17 bits per heavy atom. The normalized spacial score (nSPS) is 21.9. The van der Waals surface area contributed by atoms with Crippen LogP contribution in [0.2, 0.25) is 0 Å². The first-order valence-electron chi connectivity index (χ1n) is 5.90. The average Bonchev–Trinajstić information content (AvgIpc) is 2.35. The van der Waals surface area contributed by atoms with Crippen molar-refractivity contribution in [2.75, 3.05) is 47.4 Å². The Balaban J connectivity index is 0.00000289. The quantitative estimate of drug-likeness (QED) is 0.745. The minimum absolute atomic E-state index is 0. The molecule has 6 nitrogen and oxygen atoms in total. The Kier molecular flexibility index (Phi) is 8.33. The summed E-state index contributed by atoms with van der Waals surface area (Å²) in [6.07, 6.45) is 1.94. The molecule has 110 valence electrons. The molecule has 0 aliphatic carbocycles. The number of nitrogens with zero attached hydrogens (tertiary/aromatic N) is 2. The number of methoxy groups -OCH3 is 1. The summed E-state index contributed by atoms with van der Waals surface area (Å²) in [5.41, 5.74) is 0. The molecule has 1 unspecified atom stereocenters. The maximum atomic E-state index is 12.2. The van der Waals surface area contributed by atoms with Crippen molar-refractivity contribution < 1.29 is 13.2 Å². The fraction of sp³-hybridized carbons (Fsp3) is 1.00. The highest BCUT2D eigenvalue weighted by Gasteiger charge is 2.30. The van der Waals surface area contributed by atoms with Crippen molar-refractivity contribution in [2.24, 2.45) is 0 Å². The first-order valence-corrected chi connectivity index (χ1v) is 7.29. The molecule has 1 N–H and O–H groups in total. The first kappa shape index (κ1) is 18.1. The Hall–Kier alpha value is 0.0800. The van der Waals surface area contributed by atoms with Crippen molar-refractivity contribution in [2.45, 2.75) is 18.9 Å². The van der Waals surface area contributed by atoms with E-state index in [2.05, 4.69) is 5.32 Å². The monoisotopic (exact) mass is 301 g/mol. The summed E-state index contributed by atoms with van der Waals surface area (Å²) in [4.78, 5) is 0. The predicted molar refractivity (Wildman–Crippen MR) is 74.3 cm³/mol. The number of hydrogen-bond donors (Lipinski definition) is 1. The highest BCUT2D eigenvalue weighted by Crippen LogP contribution is 2.15. The van der Waals surface area contributed by atoms with E-state index in [1.54, 1.807) is 18.5 Å². The number of hydrogen-bond acceptors (Lipinski definition) is 4. The molecule has 1 aliphatic rings. The largest absolute Gasteiger partial charge is 0.383 e. The number of likely N-dealkylation sites (N-methyl/N-ethyl adjacent to an activating group) is 2. The molecule has 0 aromatic rings. The number of rotatable bonds is 6. The van der Waals surface area contributed by atoms with Crippen LogP contribution in [0.15, 0.2) is 0 Å². The lowest BCUT2D eigenvalue weighted by Crippen LogP contribution is -2.51. The summed E-state index contributed by atoms with van der Waals surface area (Å²) in [6.45, 7) is 1.96. The van der Waals surface area contributed by atoms with Crippen LogP contribution in [0.4, 0.5) is 0 Å². The second kappa shape index (κ2) is 8.29. The first-order chi connectivity index (χ1) is 8.02. The molecule has 1 saturated heterocycles. The summed E-state index contributed by atoms with van der Waals surface area (Å²) >= 11 is 0. The Bertz CT molecular complexity index is 326.